The van der Waals surface area contributed by atoms with Gasteiger partial charge in [0.15, 0.2) is 0 Å². The minimum atomic E-state index is -1.42. The van der Waals surface area contributed by atoms with Crippen molar-refractivity contribution in [3.8, 4) is 0 Å². The molecule has 0 radical (unpaired) electrons. The second-order valence-corrected chi connectivity index (χ2v) is 10.4. The number of carbonyl (C=O) groups excluding carboxylic acids is 2. The summed E-state index contributed by atoms with van der Waals surface area (Å²) in [5.74, 6) is -1.54. The van der Waals surface area contributed by atoms with Crippen molar-refractivity contribution in [3.05, 3.63) is 71.8 Å². The second kappa shape index (κ2) is 10.9. The van der Waals surface area contributed by atoms with Gasteiger partial charge in [0.2, 0.25) is 5.60 Å². The Balaban J connectivity index is 1.78. The van der Waals surface area contributed by atoms with Gasteiger partial charge in [-0.3, -0.25) is 4.79 Å². The van der Waals surface area contributed by atoms with Gasteiger partial charge >= 0.3 is 5.97 Å². The minimum absolute atomic E-state index is 0.110. The molecule has 0 unspecified atom stereocenters. The summed E-state index contributed by atoms with van der Waals surface area (Å²) in [6.07, 6.45) is 11.8. The van der Waals surface area contributed by atoms with Gasteiger partial charge in [0.25, 0.3) is 5.91 Å². The lowest BCUT2D eigenvalue weighted by molar-refractivity contribution is -0.172. The summed E-state index contributed by atoms with van der Waals surface area (Å²) < 4.78 is 6.10. The first-order valence-corrected chi connectivity index (χ1v) is 12.8. The molecule has 1 fully saturated rings. The molecule has 6 heteroatoms. The second-order valence-electron chi connectivity index (χ2n) is 10.4. The van der Waals surface area contributed by atoms with Crippen LogP contribution >= 0.6 is 0 Å². The highest BCUT2D eigenvalue weighted by Gasteiger charge is 2.64. The van der Waals surface area contributed by atoms with E-state index in [-0.39, 0.29) is 30.4 Å². The van der Waals surface area contributed by atoms with Crippen LogP contribution in [0.25, 0.3) is 0 Å². The highest BCUT2D eigenvalue weighted by molar-refractivity contribution is 5.94. The molecule has 1 aromatic rings. The molecule has 3 N–H and O–H groups in total. The zero-order valence-corrected chi connectivity index (χ0v) is 20.6. The van der Waals surface area contributed by atoms with E-state index in [2.05, 4.69) is 18.3 Å². The molecule has 3 aliphatic rings. The van der Waals surface area contributed by atoms with Crippen molar-refractivity contribution in [1.82, 2.24) is 5.32 Å². The zero-order valence-electron chi connectivity index (χ0n) is 20.6. The third kappa shape index (κ3) is 5.29. The third-order valence-electron chi connectivity index (χ3n) is 7.90. The van der Waals surface area contributed by atoms with E-state index < -0.39 is 23.6 Å². The molecule has 0 bridgehead atoms. The van der Waals surface area contributed by atoms with Crippen LogP contribution in [-0.2, 0) is 20.7 Å². The van der Waals surface area contributed by atoms with Gasteiger partial charge in [0.05, 0.1) is 12.7 Å². The summed E-state index contributed by atoms with van der Waals surface area (Å²) >= 11 is 0. The molecule has 7 atom stereocenters. The number of carbonyl (C=O) groups is 2. The molecule has 4 rings (SSSR count). The Hall–Kier alpha value is -2.70. The lowest BCUT2D eigenvalue weighted by Gasteiger charge is -2.44. The molecule has 2 aliphatic heterocycles. The Morgan fingerprint density at radius 1 is 1.11 bits per heavy atom. The molecule has 1 aromatic carbocycles. The van der Waals surface area contributed by atoms with Crippen LogP contribution < -0.4 is 5.32 Å². The molecule has 188 valence electrons. The normalized spacial score (nSPS) is 37.7. The van der Waals surface area contributed by atoms with Gasteiger partial charge in [-0.15, -0.1) is 0 Å². The van der Waals surface area contributed by atoms with Crippen molar-refractivity contribution in [1.29, 1.82) is 0 Å². The Kier molecular flexibility index (Phi) is 7.92. The van der Waals surface area contributed by atoms with E-state index in [0.717, 1.165) is 30.4 Å². The predicted molar refractivity (Wildman–Crippen MR) is 134 cm³/mol. The summed E-state index contributed by atoms with van der Waals surface area (Å²) in [5, 5.41) is 23.6. The molecule has 1 aliphatic carbocycles. The predicted octanol–water partition coefficient (Wildman–Crippen LogP) is 3.49. The maximum Gasteiger partial charge on any atom is 0.331 e. The maximum absolute atomic E-state index is 13.7. The lowest BCUT2D eigenvalue weighted by Crippen LogP contribution is -2.56. The summed E-state index contributed by atoms with van der Waals surface area (Å²) in [7, 11) is 0. The number of nitrogens with one attached hydrogen (secondary N) is 1. The molecule has 2 heterocycles. The van der Waals surface area contributed by atoms with Crippen molar-refractivity contribution in [2.75, 3.05) is 6.61 Å². The number of esters is 1. The largest absolute Gasteiger partial charge is 0.444 e. The highest BCUT2D eigenvalue weighted by atomic mass is 16.6. The number of benzene rings is 1. The molecule has 6 nitrogen and oxygen atoms in total. The molecule has 0 aromatic heterocycles. The van der Waals surface area contributed by atoms with Crippen LogP contribution in [0.4, 0.5) is 0 Å². The quantitative estimate of drug-likeness (QED) is 0.456. The molecular weight excluding hydrogens is 442 g/mol. The van der Waals surface area contributed by atoms with Crippen molar-refractivity contribution in [2.45, 2.75) is 63.7 Å². The van der Waals surface area contributed by atoms with Gasteiger partial charge in [-0.2, -0.15) is 0 Å². The van der Waals surface area contributed by atoms with Gasteiger partial charge in [-0.1, -0.05) is 75.2 Å². The topological polar surface area (TPSA) is 95.9 Å². The monoisotopic (exact) mass is 479 g/mol. The molecular formula is C29H37NO5. The summed E-state index contributed by atoms with van der Waals surface area (Å²) in [6, 6.07) is 9.68. The number of aliphatic hydroxyl groups excluding tert-OH is 2. The Morgan fingerprint density at radius 2 is 1.89 bits per heavy atom. The summed E-state index contributed by atoms with van der Waals surface area (Å²) in [5.41, 5.74) is 0.512. The van der Waals surface area contributed by atoms with Gasteiger partial charge in [-0.05, 0) is 48.3 Å². The SMILES string of the molecule is C[C@H]1C/C=C/[C@@H]2C=C(CO)[C@@H](C)[C@H]3[C@H](Cc4ccccc4)NC(=O)[C@]32OC(=O)/C=C\[C@H](O)CCC1. The first-order valence-electron chi connectivity index (χ1n) is 12.8. The Bertz CT molecular complexity index is 1000. The van der Waals surface area contributed by atoms with E-state index >= 15 is 0 Å². The van der Waals surface area contributed by atoms with E-state index in [4.69, 9.17) is 4.74 Å². The van der Waals surface area contributed by atoms with Crippen molar-refractivity contribution < 1.29 is 24.5 Å². The van der Waals surface area contributed by atoms with Gasteiger partial charge in [-0.25, -0.2) is 4.79 Å². The summed E-state index contributed by atoms with van der Waals surface area (Å²) in [4.78, 5) is 26.7. The van der Waals surface area contributed by atoms with Crippen LogP contribution in [0.1, 0.15) is 45.1 Å². The fourth-order valence-electron chi connectivity index (χ4n) is 6.01. The van der Waals surface area contributed by atoms with Crippen LogP contribution in [0.3, 0.4) is 0 Å². The third-order valence-corrected chi connectivity index (χ3v) is 7.90. The molecule has 0 saturated carbocycles. The fourth-order valence-corrected chi connectivity index (χ4v) is 6.01. The minimum Gasteiger partial charge on any atom is -0.444 e. The first kappa shape index (κ1) is 25.4. The Morgan fingerprint density at radius 3 is 2.63 bits per heavy atom. The molecule has 35 heavy (non-hydrogen) atoms. The van der Waals surface area contributed by atoms with E-state index in [1.165, 1.54) is 12.2 Å². The number of hydrogen-bond acceptors (Lipinski definition) is 5. The number of rotatable bonds is 3. The number of ether oxygens (including phenoxy) is 1. The van der Waals surface area contributed by atoms with Crippen LogP contribution in [0.5, 0.6) is 0 Å². The van der Waals surface area contributed by atoms with E-state index in [0.29, 0.717) is 18.8 Å². The highest BCUT2D eigenvalue weighted by Crippen LogP contribution is 2.50. The van der Waals surface area contributed by atoms with E-state index in [9.17, 15) is 19.8 Å². The van der Waals surface area contributed by atoms with E-state index in [1.54, 1.807) is 0 Å². The first-order chi connectivity index (χ1) is 16.8. The number of aliphatic hydroxyl groups is 2. The average molecular weight is 480 g/mol. The average Bonchev–Trinajstić information content (AvgIpc) is 3.11. The summed E-state index contributed by atoms with van der Waals surface area (Å²) in [6.45, 7) is 4.06. The van der Waals surface area contributed by atoms with Crippen molar-refractivity contribution in [3.63, 3.8) is 0 Å². The van der Waals surface area contributed by atoms with Crippen LogP contribution in [0.15, 0.2) is 66.3 Å². The van der Waals surface area contributed by atoms with Crippen LogP contribution in [0, 0.1) is 23.7 Å². The zero-order chi connectivity index (χ0) is 25.0. The number of amides is 1. The number of allylic oxidation sites excluding steroid dienone is 1. The fraction of sp³-hybridized carbons (Fsp3) is 0.517. The van der Waals surface area contributed by atoms with Gasteiger partial charge < -0.3 is 20.3 Å². The number of hydrogen-bond donors (Lipinski definition) is 3. The molecule has 1 amide bonds. The van der Waals surface area contributed by atoms with Crippen molar-refractivity contribution >= 4 is 11.9 Å². The lowest BCUT2D eigenvalue weighted by atomic mass is 9.63. The van der Waals surface area contributed by atoms with E-state index in [1.807, 2.05) is 49.4 Å². The standard InChI is InChI=1S/C29H37NO5/c1-19-8-6-12-23-17-22(18-31)20(2)27-25(16-21-10-4-3-5-11-21)30-28(34)29(23,27)35-26(33)15-14-24(32)13-7-9-19/h3-6,10-12,14-15,17,19-20,23-25,27,31-32H,7-9,13,16,18H2,1-2H3,(H,30,34)/b12-6+,15-14-/t19-,20+,23+,24+,25-,27-,29+/m0/s1. The maximum atomic E-state index is 13.7. The molecule has 1 saturated heterocycles. The van der Waals surface area contributed by atoms with Crippen LogP contribution in [-0.4, -0.2) is 46.4 Å². The molecule has 1 spiro atoms. The van der Waals surface area contributed by atoms with Gasteiger partial charge in [0, 0.05) is 24.0 Å². The van der Waals surface area contributed by atoms with Crippen molar-refractivity contribution in [2.24, 2.45) is 23.7 Å². The van der Waals surface area contributed by atoms with Crippen LogP contribution in [0.2, 0.25) is 0 Å². The smallest absolute Gasteiger partial charge is 0.331 e. The van der Waals surface area contributed by atoms with Gasteiger partial charge in [0.1, 0.15) is 0 Å². The Labute approximate surface area is 207 Å².